The second kappa shape index (κ2) is 9.49. The monoisotopic (exact) mass is 568 g/mol. The predicted octanol–water partition coefficient (Wildman–Crippen LogP) is 5.35. The molecule has 43 heavy (non-hydrogen) atoms. The zero-order valence-electron chi connectivity index (χ0n) is 23.5. The highest BCUT2D eigenvalue weighted by Gasteiger charge is 2.61. The van der Waals surface area contributed by atoms with Crippen molar-refractivity contribution in [3.63, 3.8) is 0 Å². The highest BCUT2D eigenvalue weighted by Crippen LogP contribution is 2.61. The van der Waals surface area contributed by atoms with E-state index >= 15 is 0 Å². The number of aryl methyl sites for hydroxylation is 1. The Labute approximate surface area is 248 Å². The Morgan fingerprint density at radius 2 is 1.26 bits per heavy atom. The van der Waals surface area contributed by atoms with Crippen LogP contribution in [0.2, 0.25) is 0 Å². The number of hydrogen-bond donors (Lipinski definition) is 0. The summed E-state index contributed by atoms with van der Waals surface area (Å²) in [6.45, 7) is 2.21. The number of anilines is 2. The molecule has 3 atom stereocenters. The lowest BCUT2D eigenvalue weighted by Crippen LogP contribution is -2.41. The number of benzene rings is 4. The van der Waals surface area contributed by atoms with E-state index in [4.69, 9.17) is 4.74 Å². The van der Waals surface area contributed by atoms with E-state index in [-0.39, 0.29) is 48.3 Å². The van der Waals surface area contributed by atoms with Crippen LogP contribution in [0.1, 0.15) is 46.1 Å². The van der Waals surface area contributed by atoms with E-state index in [1.54, 1.807) is 29.2 Å². The van der Waals surface area contributed by atoms with Crippen LogP contribution in [0.15, 0.2) is 97.1 Å². The van der Waals surface area contributed by atoms with Crippen molar-refractivity contribution in [2.45, 2.75) is 25.2 Å². The lowest BCUT2D eigenvalue weighted by molar-refractivity contribution is -0.139. The highest BCUT2D eigenvalue weighted by molar-refractivity contribution is 6.23. The molecule has 0 N–H and O–H groups in total. The van der Waals surface area contributed by atoms with E-state index in [1.807, 2.05) is 55.5 Å². The van der Waals surface area contributed by atoms with Crippen molar-refractivity contribution >= 4 is 35.1 Å². The van der Waals surface area contributed by atoms with Gasteiger partial charge in [0.2, 0.25) is 17.7 Å². The summed E-state index contributed by atoms with van der Waals surface area (Å²) in [5.41, 5.74) is 6.67. The second-order valence-electron chi connectivity index (χ2n) is 11.9. The minimum absolute atomic E-state index is 0.0583. The summed E-state index contributed by atoms with van der Waals surface area (Å²) >= 11 is 0. The molecular weight excluding hydrogens is 540 g/mol. The molecule has 4 aromatic rings. The Bertz CT molecular complexity index is 1730. The first-order valence-corrected chi connectivity index (χ1v) is 14.6. The quantitative estimate of drug-likeness (QED) is 0.188. The predicted molar refractivity (Wildman–Crippen MR) is 160 cm³/mol. The highest BCUT2D eigenvalue weighted by atomic mass is 16.5. The van der Waals surface area contributed by atoms with Gasteiger partial charge in [0.05, 0.1) is 23.4 Å². The Balaban J connectivity index is 1.06. The molecule has 7 heteroatoms. The Morgan fingerprint density at radius 3 is 1.81 bits per heavy atom. The summed E-state index contributed by atoms with van der Waals surface area (Å²) in [6, 6.07) is 30.5. The normalized spacial score (nSPS) is 25.0. The molecule has 212 valence electrons. The number of hydrogen-bond acceptors (Lipinski definition) is 5. The molecule has 2 bridgehead atoms. The molecule has 9 rings (SSSR count). The Morgan fingerprint density at radius 1 is 0.698 bits per heavy atom. The molecular formula is C36H28N2O5. The van der Waals surface area contributed by atoms with Crippen molar-refractivity contribution in [3.8, 4) is 5.75 Å². The summed E-state index contributed by atoms with van der Waals surface area (Å²) in [5.74, 6) is -2.88. The lowest BCUT2D eigenvalue weighted by Gasteiger charge is -2.45. The van der Waals surface area contributed by atoms with Crippen LogP contribution in [0.4, 0.5) is 11.4 Å². The fourth-order valence-corrected chi connectivity index (χ4v) is 7.66. The van der Waals surface area contributed by atoms with Gasteiger partial charge in [0.1, 0.15) is 5.75 Å². The van der Waals surface area contributed by atoms with E-state index in [0.29, 0.717) is 5.69 Å². The van der Waals surface area contributed by atoms with Crippen LogP contribution in [0.3, 0.4) is 0 Å². The van der Waals surface area contributed by atoms with Crippen molar-refractivity contribution in [2.75, 3.05) is 16.3 Å². The number of esters is 1. The zero-order chi connectivity index (χ0) is 29.4. The smallest absolute Gasteiger partial charge is 0.316 e. The number of rotatable bonds is 4. The average Bonchev–Trinajstić information content (AvgIpc) is 3.54. The van der Waals surface area contributed by atoms with Crippen LogP contribution >= 0.6 is 0 Å². The Kier molecular flexibility index (Phi) is 5.66. The van der Waals surface area contributed by atoms with Crippen LogP contribution in [0.5, 0.6) is 5.75 Å². The van der Waals surface area contributed by atoms with Crippen LogP contribution in [-0.2, 0) is 19.2 Å². The number of imide groups is 1. The topological polar surface area (TPSA) is 84.0 Å². The van der Waals surface area contributed by atoms with Gasteiger partial charge in [-0.05, 0) is 53.4 Å². The molecule has 0 radical (unpaired) electrons. The van der Waals surface area contributed by atoms with Crippen LogP contribution in [0, 0.1) is 24.7 Å². The maximum Gasteiger partial charge on any atom is 0.316 e. The summed E-state index contributed by atoms with van der Waals surface area (Å²) in [6.07, 6.45) is 0.0583. The molecule has 0 spiro atoms. The van der Waals surface area contributed by atoms with Gasteiger partial charge in [0.25, 0.3) is 0 Å². The third-order valence-electron chi connectivity index (χ3n) is 9.55. The maximum absolute atomic E-state index is 14.1. The van der Waals surface area contributed by atoms with Gasteiger partial charge in [-0.3, -0.25) is 19.2 Å². The van der Waals surface area contributed by atoms with Crippen LogP contribution < -0.4 is 14.5 Å². The standard InChI is InChI=1S/C36H28N2O5/c1-20-13-15-22(16-14-20)37-19-21(17-29(37)39)36(42)43-24-8-6-7-23(18-24)38-34(40)32-30-25-9-2-3-10-26(25)31(33(32)35(38)41)28-12-5-4-11-27(28)30/h2-16,18,21,30-33H,17,19H2,1H3/t21-,30?,31?,32-,33+/m0/s1. The number of ether oxygens (including phenoxy) is 1. The third-order valence-corrected chi connectivity index (χ3v) is 9.55. The van der Waals surface area contributed by atoms with Crippen LogP contribution in [-0.4, -0.2) is 30.2 Å². The van der Waals surface area contributed by atoms with Gasteiger partial charge in [-0.2, -0.15) is 0 Å². The molecule has 3 amide bonds. The first-order valence-electron chi connectivity index (χ1n) is 14.6. The molecule has 4 aromatic carbocycles. The summed E-state index contributed by atoms with van der Waals surface area (Å²) in [7, 11) is 0. The number of carbonyl (C=O) groups excluding carboxylic acids is 4. The van der Waals surface area contributed by atoms with E-state index in [1.165, 1.54) is 4.90 Å². The summed E-state index contributed by atoms with van der Waals surface area (Å²) in [5, 5.41) is 0. The summed E-state index contributed by atoms with van der Waals surface area (Å²) in [4.78, 5) is 56.9. The number of nitrogens with zero attached hydrogens (tertiary/aromatic N) is 2. The van der Waals surface area contributed by atoms with Gasteiger partial charge < -0.3 is 9.64 Å². The largest absolute Gasteiger partial charge is 0.426 e. The Hall–Kier alpha value is -5.04. The van der Waals surface area contributed by atoms with Crippen molar-refractivity contribution < 1.29 is 23.9 Å². The molecule has 2 heterocycles. The van der Waals surface area contributed by atoms with Crippen LogP contribution in [0.25, 0.3) is 0 Å². The lowest BCUT2D eigenvalue weighted by atomic mass is 9.55. The molecule has 0 saturated carbocycles. The van der Waals surface area contributed by atoms with Crippen molar-refractivity contribution in [3.05, 3.63) is 125 Å². The SMILES string of the molecule is Cc1ccc(N2C[C@@H](C(=O)Oc3cccc(N4C(=O)[C@@H]5C6c7ccccc7C(c7ccccc76)[C@@H]5C4=O)c3)CC2=O)cc1. The average molecular weight is 569 g/mol. The van der Waals surface area contributed by atoms with Gasteiger partial charge in [0, 0.05) is 36.6 Å². The minimum atomic E-state index is -0.622. The molecule has 2 fully saturated rings. The number of carbonyl (C=O) groups is 4. The van der Waals surface area contributed by atoms with Crippen molar-refractivity contribution in [1.82, 2.24) is 0 Å². The van der Waals surface area contributed by atoms with Crippen molar-refractivity contribution in [1.29, 1.82) is 0 Å². The molecule has 2 saturated heterocycles. The second-order valence-corrected chi connectivity index (χ2v) is 11.9. The zero-order valence-corrected chi connectivity index (χ0v) is 23.5. The first kappa shape index (κ1) is 25.7. The fourth-order valence-electron chi connectivity index (χ4n) is 7.66. The fraction of sp³-hybridized carbons (Fsp3) is 0.222. The van der Waals surface area contributed by atoms with Gasteiger partial charge in [0.15, 0.2) is 0 Å². The van der Waals surface area contributed by atoms with Crippen molar-refractivity contribution in [2.24, 2.45) is 17.8 Å². The van der Waals surface area contributed by atoms with Gasteiger partial charge >= 0.3 is 5.97 Å². The van der Waals surface area contributed by atoms with E-state index < -0.39 is 23.7 Å². The molecule has 0 aromatic heterocycles. The molecule has 5 aliphatic rings. The first-order chi connectivity index (χ1) is 20.9. The van der Waals surface area contributed by atoms with Gasteiger partial charge in [-0.15, -0.1) is 0 Å². The maximum atomic E-state index is 14.1. The van der Waals surface area contributed by atoms with Gasteiger partial charge in [-0.25, -0.2) is 4.90 Å². The van der Waals surface area contributed by atoms with E-state index in [2.05, 4.69) is 24.3 Å². The minimum Gasteiger partial charge on any atom is -0.426 e. The third kappa shape index (κ3) is 3.80. The molecule has 3 aliphatic carbocycles. The number of amides is 3. The molecule has 0 unspecified atom stereocenters. The molecule has 7 nitrogen and oxygen atoms in total. The molecule has 2 aliphatic heterocycles. The summed E-state index contributed by atoms with van der Waals surface area (Å²) < 4.78 is 5.73. The van der Waals surface area contributed by atoms with E-state index in [9.17, 15) is 19.2 Å². The van der Waals surface area contributed by atoms with E-state index in [0.717, 1.165) is 33.5 Å². The van der Waals surface area contributed by atoms with Gasteiger partial charge in [-0.1, -0.05) is 72.3 Å².